The van der Waals surface area contributed by atoms with Crippen LogP contribution >= 0.6 is 0 Å². The van der Waals surface area contributed by atoms with Crippen molar-refractivity contribution in [3.8, 4) is 0 Å². The predicted octanol–water partition coefficient (Wildman–Crippen LogP) is -1.59. The average Bonchev–Trinajstić information content (AvgIpc) is 2.62. The number of likely N-dealkylation sites (N-methyl/N-ethyl adjacent to an activating group) is 1. The lowest BCUT2D eigenvalue weighted by molar-refractivity contribution is -0.877. The summed E-state index contributed by atoms with van der Waals surface area (Å²) < 4.78 is 0. The molecule has 0 radical (unpaired) electrons. The van der Waals surface area contributed by atoms with Gasteiger partial charge in [0.15, 0.2) is 0 Å². The number of aromatic carboxylic acids is 1. The normalized spacial score (nSPS) is 19.8. The van der Waals surface area contributed by atoms with Crippen molar-refractivity contribution in [1.29, 1.82) is 0 Å². The van der Waals surface area contributed by atoms with Gasteiger partial charge in [0.25, 0.3) is 5.91 Å². The molecule has 0 saturated carbocycles. The molecule has 1 fully saturated rings. The first-order valence-electron chi connectivity index (χ1n) is 6.50. The second kappa shape index (κ2) is 5.84. The number of nitrogens with one attached hydrogen (secondary N) is 1. The zero-order valence-electron chi connectivity index (χ0n) is 11.0. The first kappa shape index (κ1) is 13.5. The number of rotatable bonds is 2. The van der Waals surface area contributed by atoms with E-state index >= 15 is 0 Å². The van der Waals surface area contributed by atoms with Crippen molar-refractivity contribution in [1.82, 2.24) is 4.90 Å². The second-order valence-corrected chi connectivity index (χ2v) is 4.94. The Bertz CT molecular complexity index is 487. The van der Waals surface area contributed by atoms with Gasteiger partial charge in [0, 0.05) is 24.1 Å². The summed E-state index contributed by atoms with van der Waals surface area (Å²) in [6.45, 7) is 3.26. The van der Waals surface area contributed by atoms with Crippen molar-refractivity contribution >= 4 is 11.9 Å². The van der Waals surface area contributed by atoms with Crippen LogP contribution in [-0.2, 0) is 0 Å². The third-order valence-electron chi connectivity index (χ3n) is 3.50. The maximum Gasteiger partial charge on any atom is 0.254 e. The molecule has 102 valence electrons. The summed E-state index contributed by atoms with van der Waals surface area (Å²) in [5, 5.41) is 11.0. The smallest absolute Gasteiger partial charge is 0.254 e. The van der Waals surface area contributed by atoms with E-state index in [-0.39, 0.29) is 17.0 Å². The molecular formula is C14H18N2O3. The van der Waals surface area contributed by atoms with E-state index < -0.39 is 5.97 Å². The van der Waals surface area contributed by atoms with Gasteiger partial charge in [0.2, 0.25) is 0 Å². The molecule has 1 unspecified atom stereocenters. The number of nitrogens with zero attached hydrogens (tertiary/aromatic N) is 1. The minimum Gasteiger partial charge on any atom is -0.545 e. The highest BCUT2D eigenvalue weighted by Crippen LogP contribution is 2.11. The summed E-state index contributed by atoms with van der Waals surface area (Å²) in [6.07, 6.45) is 0.936. The molecule has 0 aliphatic carbocycles. The quantitative estimate of drug-likeness (QED) is 0.699. The van der Waals surface area contributed by atoms with Crippen molar-refractivity contribution < 1.29 is 19.6 Å². The Morgan fingerprint density at radius 1 is 1.16 bits per heavy atom. The molecule has 2 rings (SSSR count). The van der Waals surface area contributed by atoms with Crippen LogP contribution in [0.3, 0.4) is 0 Å². The molecule has 1 aromatic carbocycles. The zero-order chi connectivity index (χ0) is 13.8. The first-order valence-corrected chi connectivity index (χ1v) is 6.50. The van der Waals surface area contributed by atoms with Crippen molar-refractivity contribution in [2.24, 2.45) is 0 Å². The summed E-state index contributed by atoms with van der Waals surface area (Å²) >= 11 is 0. The lowest BCUT2D eigenvalue weighted by atomic mass is 10.1. The molecule has 1 amide bonds. The van der Waals surface area contributed by atoms with Gasteiger partial charge < -0.3 is 19.7 Å². The molecule has 0 spiro atoms. The first-order chi connectivity index (χ1) is 9.09. The number of hydrogen-bond donors (Lipinski definition) is 1. The van der Waals surface area contributed by atoms with Gasteiger partial charge in [0.1, 0.15) is 0 Å². The number of carbonyl (C=O) groups excluding carboxylic acids is 2. The Morgan fingerprint density at radius 3 is 2.53 bits per heavy atom. The number of quaternary nitrogens is 1. The molecule has 1 aliphatic heterocycles. The van der Waals surface area contributed by atoms with E-state index in [2.05, 4.69) is 7.05 Å². The van der Waals surface area contributed by atoms with Gasteiger partial charge in [-0.2, -0.15) is 0 Å². The predicted molar refractivity (Wildman–Crippen MR) is 67.9 cm³/mol. The molecule has 1 saturated heterocycles. The Kier molecular flexibility index (Phi) is 4.16. The van der Waals surface area contributed by atoms with E-state index in [9.17, 15) is 14.7 Å². The van der Waals surface area contributed by atoms with Crippen LogP contribution in [0.5, 0.6) is 0 Å². The maximum absolute atomic E-state index is 12.4. The minimum absolute atomic E-state index is 0.0301. The van der Waals surface area contributed by atoms with E-state index in [0.717, 1.165) is 19.5 Å². The van der Waals surface area contributed by atoms with Gasteiger partial charge in [-0.25, -0.2) is 0 Å². The zero-order valence-corrected chi connectivity index (χ0v) is 11.0. The fourth-order valence-electron chi connectivity index (χ4n) is 2.36. The highest BCUT2D eigenvalue weighted by Gasteiger charge is 2.22. The largest absolute Gasteiger partial charge is 0.545 e. The number of carboxylic acids is 1. The van der Waals surface area contributed by atoms with Crippen molar-refractivity contribution in [3.63, 3.8) is 0 Å². The molecule has 19 heavy (non-hydrogen) atoms. The lowest BCUT2D eigenvalue weighted by Crippen LogP contribution is -3.09. The van der Waals surface area contributed by atoms with Crippen molar-refractivity contribution in [2.75, 3.05) is 33.2 Å². The molecule has 0 bridgehead atoms. The highest BCUT2D eigenvalue weighted by molar-refractivity contribution is 6.04. The van der Waals surface area contributed by atoms with Gasteiger partial charge in [-0.15, -0.1) is 0 Å². The van der Waals surface area contributed by atoms with Crippen LogP contribution in [0.15, 0.2) is 24.3 Å². The Labute approximate surface area is 112 Å². The topological polar surface area (TPSA) is 64.9 Å². The van der Waals surface area contributed by atoms with Gasteiger partial charge in [-0.05, 0) is 6.07 Å². The third-order valence-corrected chi connectivity index (χ3v) is 3.50. The van der Waals surface area contributed by atoms with Crippen LogP contribution in [-0.4, -0.2) is 50.0 Å². The standard InChI is InChI=1S/C14H18N2O3/c1-15-7-4-8-16(10-9-15)13(17)11-5-2-3-6-12(11)14(18)19/h2-3,5-6H,4,7-10H2,1H3,(H,18,19). The Balaban J connectivity index is 2.21. The van der Waals surface area contributed by atoms with E-state index in [1.54, 1.807) is 23.1 Å². The van der Waals surface area contributed by atoms with E-state index in [1.807, 2.05) is 0 Å². The number of hydrogen-bond acceptors (Lipinski definition) is 3. The Hall–Kier alpha value is -1.88. The van der Waals surface area contributed by atoms with Crippen molar-refractivity contribution in [3.05, 3.63) is 35.4 Å². The molecule has 1 aliphatic rings. The van der Waals surface area contributed by atoms with Crippen LogP contribution in [0.25, 0.3) is 0 Å². The summed E-state index contributed by atoms with van der Waals surface area (Å²) in [5.74, 6) is -1.52. The van der Waals surface area contributed by atoms with E-state index in [0.29, 0.717) is 13.1 Å². The van der Waals surface area contributed by atoms with Gasteiger partial charge in [-0.3, -0.25) is 4.79 Å². The SMILES string of the molecule is C[NH+]1CCCN(C(=O)c2ccccc2C(=O)[O-])CC1. The number of carboxylic acid groups (broad SMARTS) is 1. The third kappa shape index (κ3) is 3.12. The van der Waals surface area contributed by atoms with Crippen molar-refractivity contribution in [2.45, 2.75) is 6.42 Å². The average molecular weight is 262 g/mol. The highest BCUT2D eigenvalue weighted by atomic mass is 16.4. The monoisotopic (exact) mass is 262 g/mol. The molecule has 5 nitrogen and oxygen atoms in total. The van der Waals surface area contributed by atoms with Gasteiger partial charge >= 0.3 is 0 Å². The Morgan fingerprint density at radius 2 is 1.84 bits per heavy atom. The van der Waals surface area contributed by atoms with Gasteiger partial charge in [-0.1, -0.05) is 18.2 Å². The van der Waals surface area contributed by atoms with Crippen LogP contribution in [0.4, 0.5) is 0 Å². The van der Waals surface area contributed by atoms with Crippen LogP contribution in [0.2, 0.25) is 0 Å². The fraction of sp³-hybridized carbons (Fsp3) is 0.429. The number of amides is 1. The van der Waals surface area contributed by atoms with Crippen LogP contribution in [0.1, 0.15) is 27.1 Å². The fourth-order valence-corrected chi connectivity index (χ4v) is 2.36. The summed E-state index contributed by atoms with van der Waals surface area (Å²) in [6, 6.07) is 6.24. The van der Waals surface area contributed by atoms with E-state index in [1.165, 1.54) is 11.0 Å². The summed E-state index contributed by atoms with van der Waals surface area (Å²) in [4.78, 5) is 26.6. The summed E-state index contributed by atoms with van der Waals surface area (Å²) in [7, 11) is 2.10. The summed E-state index contributed by atoms with van der Waals surface area (Å²) in [5.41, 5.74) is 0.194. The number of benzene rings is 1. The molecule has 0 aromatic heterocycles. The molecule has 1 heterocycles. The second-order valence-electron chi connectivity index (χ2n) is 4.94. The lowest BCUT2D eigenvalue weighted by Gasteiger charge is -2.21. The number of carbonyl (C=O) groups is 2. The minimum atomic E-state index is -1.30. The van der Waals surface area contributed by atoms with Crippen LogP contribution < -0.4 is 10.0 Å². The molecule has 1 aromatic rings. The molecule has 5 heteroatoms. The molecule has 1 atom stereocenters. The maximum atomic E-state index is 12.4. The van der Waals surface area contributed by atoms with E-state index in [4.69, 9.17) is 0 Å². The van der Waals surface area contributed by atoms with Gasteiger partial charge in [0.05, 0.1) is 32.7 Å². The van der Waals surface area contributed by atoms with Crippen LogP contribution in [0, 0.1) is 0 Å². The molecule has 1 N–H and O–H groups in total. The molecular weight excluding hydrogens is 244 g/mol.